The molecule has 1 N–H and O–H groups in total. The first kappa shape index (κ1) is 18.5. The van der Waals surface area contributed by atoms with Crippen molar-refractivity contribution >= 4 is 5.91 Å². The van der Waals surface area contributed by atoms with E-state index in [1.54, 1.807) is 26.4 Å². The van der Waals surface area contributed by atoms with Crippen LogP contribution in [0, 0.1) is 12.8 Å². The van der Waals surface area contributed by atoms with Crippen LogP contribution in [0.2, 0.25) is 0 Å². The molecule has 2 rings (SSSR count). The Hall–Kier alpha value is -1.79. The predicted molar refractivity (Wildman–Crippen MR) is 93.0 cm³/mol. The minimum atomic E-state index is -0.111. The topological polar surface area (TPSA) is 60.0 Å². The van der Waals surface area contributed by atoms with E-state index in [9.17, 15) is 4.79 Å². The number of nitrogens with zero attached hydrogens (tertiary/aromatic N) is 1. The van der Waals surface area contributed by atoms with Gasteiger partial charge in [0, 0.05) is 37.3 Å². The highest BCUT2D eigenvalue weighted by Crippen LogP contribution is 2.29. The van der Waals surface area contributed by atoms with E-state index in [1.165, 1.54) is 0 Å². The van der Waals surface area contributed by atoms with Crippen molar-refractivity contribution in [3.8, 4) is 11.5 Å². The molecule has 0 unspecified atom stereocenters. The second-order valence-electron chi connectivity index (χ2n) is 6.23. The molecule has 0 radical (unpaired) electrons. The van der Waals surface area contributed by atoms with Crippen LogP contribution in [0.1, 0.15) is 22.8 Å². The van der Waals surface area contributed by atoms with Gasteiger partial charge in [-0.3, -0.25) is 9.69 Å². The number of nitrogens with one attached hydrogen (secondary N) is 1. The molecule has 1 amide bonds. The summed E-state index contributed by atoms with van der Waals surface area (Å²) in [6, 6.07) is 3.50. The van der Waals surface area contributed by atoms with Gasteiger partial charge in [-0.15, -0.1) is 0 Å². The third kappa shape index (κ3) is 4.85. The Morgan fingerprint density at radius 3 is 2.38 bits per heavy atom. The Balaban J connectivity index is 1.91. The van der Waals surface area contributed by atoms with E-state index in [2.05, 4.69) is 17.1 Å². The molecular formula is C18H28N2O4. The van der Waals surface area contributed by atoms with Gasteiger partial charge in [0.1, 0.15) is 11.5 Å². The molecule has 0 aromatic heterocycles. The summed E-state index contributed by atoms with van der Waals surface area (Å²) in [5.41, 5.74) is 1.44. The third-order valence-corrected chi connectivity index (χ3v) is 4.30. The third-order valence-electron chi connectivity index (χ3n) is 4.30. The van der Waals surface area contributed by atoms with Crippen LogP contribution in [-0.2, 0) is 4.74 Å². The zero-order valence-electron chi connectivity index (χ0n) is 15.1. The number of benzene rings is 1. The Morgan fingerprint density at radius 2 is 1.83 bits per heavy atom. The smallest absolute Gasteiger partial charge is 0.251 e. The Kier molecular flexibility index (Phi) is 6.87. The molecule has 1 atom stereocenters. The van der Waals surface area contributed by atoms with E-state index in [-0.39, 0.29) is 5.91 Å². The van der Waals surface area contributed by atoms with Gasteiger partial charge >= 0.3 is 0 Å². The van der Waals surface area contributed by atoms with Crippen molar-refractivity contribution in [3.63, 3.8) is 0 Å². The molecule has 1 aromatic rings. The first-order valence-corrected chi connectivity index (χ1v) is 8.36. The summed E-state index contributed by atoms with van der Waals surface area (Å²) in [6.45, 7) is 9.16. The number of methoxy groups -OCH3 is 2. The van der Waals surface area contributed by atoms with Crippen molar-refractivity contribution < 1.29 is 19.0 Å². The van der Waals surface area contributed by atoms with Gasteiger partial charge in [0.15, 0.2) is 0 Å². The van der Waals surface area contributed by atoms with Crippen molar-refractivity contribution in [2.24, 2.45) is 5.92 Å². The molecule has 1 aromatic carbocycles. The van der Waals surface area contributed by atoms with Crippen LogP contribution < -0.4 is 14.8 Å². The van der Waals surface area contributed by atoms with E-state index >= 15 is 0 Å². The Bertz CT molecular complexity index is 531. The maximum absolute atomic E-state index is 12.4. The predicted octanol–water partition coefficient (Wildman–Crippen LogP) is 1.71. The van der Waals surface area contributed by atoms with Crippen molar-refractivity contribution in [1.82, 2.24) is 10.2 Å². The first-order chi connectivity index (χ1) is 11.5. The fourth-order valence-electron chi connectivity index (χ4n) is 2.88. The molecule has 1 aliphatic rings. The normalized spacial score (nSPS) is 16.5. The van der Waals surface area contributed by atoms with Gasteiger partial charge in [-0.05, 0) is 25.0 Å². The molecule has 0 saturated carbocycles. The van der Waals surface area contributed by atoms with Crippen LogP contribution in [0.5, 0.6) is 11.5 Å². The van der Waals surface area contributed by atoms with E-state index in [0.29, 0.717) is 29.5 Å². The largest absolute Gasteiger partial charge is 0.496 e. The zero-order valence-corrected chi connectivity index (χ0v) is 15.1. The summed E-state index contributed by atoms with van der Waals surface area (Å²) in [4.78, 5) is 14.8. The monoisotopic (exact) mass is 336 g/mol. The van der Waals surface area contributed by atoms with E-state index in [4.69, 9.17) is 14.2 Å². The standard InChI is InChI=1S/C18H28N2O4/c1-13(12-20-5-7-24-8-6-20)11-19-18(21)15-9-16(22-3)14(2)17(10-15)23-4/h9-10,13H,5-8,11-12H2,1-4H3,(H,19,21)/t13-/m0/s1. The van der Waals surface area contributed by atoms with Crippen molar-refractivity contribution in [2.75, 3.05) is 53.6 Å². The number of hydrogen-bond acceptors (Lipinski definition) is 5. The highest BCUT2D eigenvalue weighted by Gasteiger charge is 2.16. The van der Waals surface area contributed by atoms with Gasteiger partial charge in [-0.2, -0.15) is 0 Å². The van der Waals surface area contributed by atoms with Gasteiger partial charge in [0.25, 0.3) is 5.91 Å². The average molecular weight is 336 g/mol. The summed E-state index contributed by atoms with van der Waals surface area (Å²) in [5.74, 6) is 1.57. The van der Waals surface area contributed by atoms with Gasteiger partial charge in [0.05, 0.1) is 27.4 Å². The molecule has 1 heterocycles. The number of ether oxygens (including phenoxy) is 3. The van der Waals surface area contributed by atoms with Crippen LogP contribution >= 0.6 is 0 Å². The number of amides is 1. The zero-order chi connectivity index (χ0) is 17.5. The van der Waals surface area contributed by atoms with Gasteiger partial charge in [0.2, 0.25) is 0 Å². The summed E-state index contributed by atoms with van der Waals surface area (Å²) in [7, 11) is 3.18. The minimum absolute atomic E-state index is 0.111. The average Bonchev–Trinajstić information content (AvgIpc) is 2.60. The lowest BCUT2D eigenvalue weighted by Crippen LogP contribution is -2.41. The summed E-state index contributed by atoms with van der Waals surface area (Å²) >= 11 is 0. The van der Waals surface area contributed by atoms with Gasteiger partial charge in [-0.1, -0.05) is 6.92 Å². The van der Waals surface area contributed by atoms with Crippen LogP contribution in [0.25, 0.3) is 0 Å². The number of carbonyl (C=O) groups is 1. The van der Waals surface area contributed by atoms with Gasteiger partial charge < -0.3 is 19.5 Å². The van der Waals surface area contributed by atoms with Crippen molar-refractivity contribution in [3.05, 3.63) is 23.3 Å². The lowest BCUT2D eigenvalue weighted by Gasteiger charge is -2.29. The van der Waals surface area contributed by atoms with Gasteiger partial charge in [-0.25, -0.2) is 0 Å². The first-order valence-electron chi connectivity index (χ1n) is 8.36. The lowest BCUT2D eigenvalue weighted by atomic mass is 10.1. The number of morpholine rings is 1. The van der Waals surface area contributed by atoms with Crippen molar-refractivity contribution in [1.29, 1.82) is 0 Å². The Morgan fingerprint density at radius 1 is 1.25 bits per heavy atom. The minimum Gasteiger partial charge on any atom is -0.496 e. The van der Waals surface area contributed by atoms with E-state index in [1.807, 2.05) is 6.92 Å². The molecule has 1 aliphatic heterocycles. The SMILES string of the molecule is COc1cc(C(=O)NC[C@H](C)CN2CCOCC2)cc(OC)c1C. The molecule has 6 heteroatoms. The highest BCUT2D eigenvalue weighted by molar-refractivity contribution is 5.95. The van der Waals surface area contributed by atoms with Crippen LogP contribution in [0.4, 0.5) is 0 Å². The maximum atomic E-state index is 12.4. The molecule has 24 heavy (non-hydrogen) atoms. The molecule has 6 nitrogen and oxygen atoms in total. The fourth-order valence-corrected chi connectivity index (χ4v) is 2.88. The molecular weight excluding hydrogens is 308 g/mol. The summed E-state index contributed by atoms with van der Waals surface area (Å²) < 4.78 is 16.0. The van der Waals surface area contributed by atoms with Crippen LogP contribution in [-0.4, -0.2) is 64.4 Å². The second kappa shape index (κ2) is 8.89. The van der Waals surface area contributed by atoms with Crippen molar-refractivity contribution in [2.45, 2.75) is 13.8 Å². The summed E-state index contributed by atoms with van der Waals surface area (Å²) in [5, 5.41) is 3.00. The molecule has 0 aliphatic carbocycles. The molecule has 134 valence electrons. The number of rotatable bonds is 7. The lowest BCUT2D eigenvalue weighted by molar-refractivity contribution is 0.0317. The number of hydrogen-bond donors (Lipinski definition) is 1. The van der Waals surface area contributed by atoms with Crippen LogP contribution in [0.15, 0.2) is 12.1 Å². The highest BCUT2D eigenvalue weighted by atomic mass is 16.5. The summed E-state index contributed by atoms with van der Waals surface area (Å²) in [6.07, 6.45) is 0. The molecule has 0 bridgehead atoms. The molecule has 0 spiro atoms. The van der Waals surface area contributed by atoms with Crippen LogP contribution in [0.3, 0.4) is 0 Å². The quantitative estimate of drug-likeness (QED) is 0.821. The number of carbonyl (C=O) groups excluding carboxylic acids is 1. The maximum Gasteiger partial charge on any atom is 0.251 e. The van der Waals surface area contributed by atoms with E-state index in [0.717, 1.165) is 38.4 Å². The fraction of sp³-hybridized carbons (Fsp3) is 0.611. The Labute approximate surface area is 144 Å². The molecule has 1 saturated heterocycles. The second-order valence-corrected chi connectivity index (χ2v) is 6.23. The molecule has 1 fully saturated rings. The van der Waals surface area contributed by atoms with E-state index < -0.39 is 0 Å².